The van der Waals surface area contributed by atoms with Gasteiger partial charge < -0.3 is 9.84 Å². The largest absolute Gasteiger partial charge is 0.444 e. The van der Waals surface area contributed by atoms with Gasteiger partial charge >= 0.3 is 0 Å². The molecule has 0 amide bonds. The van der Waals surface area contributed by atoms with E-state index in [1.165, 1.54) is 0 Å². The molecule has 1 fully saturated rings. The average molecular weight is 253 g/mol. The van der Waals surface area contributed by atoms with Gasteiger partial charge in [0, 0.05) is 18.7 Å². The van der Waals surface area contributed by atoms with E-state index in [0.29, 0.717) is 13.0 Å². The second-order valence-corrected chi connectivity index (χ2v) is 4.52. The van der Waals surface area contributed by atoms with E-state index in [1.54, 1.807) is 4.90 Å². The van der Waals surface area contributed by atoms with Crippen molar-refractivity contribution in [2.75, 3.05) is 19.7 Å². The molecular weight excluding hydrogens is 237 g/mol. The molecule has 1 saturated heterocycles. The zero-order chi connectivity index (χ0) is 13.0. The fourth-order valence-electron chi connectivity index (χ4n) is 2.24. The highest BCUT2D eigenvalue weighted by atomic mass is 19.1. The monoisotopic (exact) mass is 253 g/mol. The molecule has 1 aromatic carbocycles. The Kier molecular flexibility index (Phi) is 3.93. The van der Waals surface area contributed by atoms with E-state index >= 15 is 0 Å². The molecule has 2 rings (SSSR count). The van der Waals surface area contributed by atoms with Gasteiger partial charge in [-0.3, -0.25) is 9.69 Å². The van der Waals surface area contributed by atoms with Crippen molar-refractivity contribution in [2.45, 2.75) is 18.3 Å². The van der Waals surface area contributed by atoms with E-state index in [9.17, 15) is 9.18 Å². The summed E-state index contributed by atoms with van der Waals surface area (Å²) in [5.41, 5.74) is -0.800. The van der Waals surface area contributed by atoms with Crippen molar-refractivity contribution >= 4 is 6.47 Å². The Morgan fingerprint density at radius 2 is 2.22 bits per heavy atom. The summed E-state index contributed by atoms with van der Waals surface area (Å²) in [6.07, 6.45) is -0.345. The van der Waals surface area contributed by atoms with Crippen LogP contribution >= 0.6 is 0 Å². The van der Waals surface area contributed by atoms with Gasteiger partial charge in [0.1, 0.15) is 5.67 Å². The van der Waals surface area contributed by atoms with Crippen LogP contribution in [0, 0.1) is 0 Å². The number of nitrogens with zero attached hydrogens (tertiary/aromatic N) is 1. The molecule has 0 aliphatic carbocycles. The number of aliphatic hydroxyl groups excluding tert-OH is 1. The zero-order valence-electron chi connectivity index (χ0n) is 9.96. The molecule has 2 unspecified atom stereocenters. The molecule has 4 nitrogen and oxygen atoms in total. The maximum absolute atomic E-state index is 14.0. The number of benzene rings is 1. The van der Waals surface area contributed by atoms with Crippen LogP contribution in [-0.4, -0.2) is 41.8 Å². The molecule has 1 heterocycles. The number of carbonyl (C=O) groups is 1. The molecule has 2 atom stereocenters. The van der Waals surface area contributed by atoms with Crippen LogP contribution in [0.2, 0.25) is 0 Å². The Morgan fingerprint density at radius 3 is 2.78 bits per heavy atom. The summed E-state index contributed by atoms with van der Waals surface area (Å²) in [6, 6.07) is 9.18. The number of halogens is 1. The SMILES string of the molecule is O=COC(c1ccccc1)N1CCC(F)(CO)C1. The van der Waals surface area contributed by atoms with Crippen LogP contribution < -0.4 is 0 Å². The molecule has 1 aromatic rings. The molecule has 0 radical (unpaired) electrons. The van der Waals surface area contributed by atoms with Crippen molar-refractivity contribution in [3.05, 3.63) is 35.9 Å². The Balaban J connectivity index is 2.15. The quantitative estimate of drug-likeness (QED) is 0.803. The van der Waals surface area contributed by atoms with E-state index < -0.39 is 18.5 Å². The van der Waals surface area contributed by atoms with Crippen LogP contribution in [0.1, 0.15) is 18.2 Å². The number of alkyl halides is 1. The Hall–Kier alpha value is -1.46. The first-order chi connectivity index (χ1) is 8.68. The van der Waals surface area contributed by atoms with Crippen molar-refractivity contribution < 1.29 is 19.0 Å². The highest BCUT2D eigenvalue weighted by molar-refractivity contribution is 5.38. The smallest absolute Gasteiger partial charge is 0.294 e. The average Bonchev–Trinajstić information content (AvgIpc) is 2.80. The third-order valence-corrected chi connectivity index (χ3v) is 3.22. The minimum Gasteiger partial charge on any atom is -0.444 e. The van der Waals surface area contributed by atoms with Crippen LogP contribution in [0.25, 0.3) is 0 Å². The topological polar surface area (TPSA) is 49.8 Å². The summed E-state index contributed by atoms with van der Waals surface area (Å²) < 4.78 is 19.0. The van der Waals surface area contributed by atoms with E-state index in [4.69, 9.17) is 9.84 Å². The van der Waals surface area contributed by atoms with Crippen molar-refractivity contribution in [3.8, 4) is 0 Å². The Labute approximate surface area is 105 Å². The first kappa shape index (κ1) is 13.0. The fraction of sp³-hybridized carbons (Fsp3) is 0.462. The summed E-state index contributed by atoms with van der Waals surface area (Å²) >= 11 is 0. The first-order valence-electron chi connectivity index (χ1n) is 5.86. The lowest BCUT2D eigenvalue weighted by Crippen LogP contribution is -2.35. The molecule has 5 heteroatoms. The normalized spacial score (nSPS) is 25.9. The third kappa shape index (κ3) is 2.68. The molecule has 98 valence electrons. The standard InChI is InChI=1S/C13H16FNO3/c14-13(9-16)6-7-15(8-13)12(18-10-17)11-4-2-1-3-5-11/h1-5,10,12,16H,6-9H2. The molecule has 0 spiro atoms. The second kappa shape index (κ2) is 5.46. The first-order valence-corrected chi connectivity index (χ1v) is 5.86. The molecule has 0 saturated carbocycles. The van der Waals surface area contributed by atoms with E-state index in [-0.39, 0.29) is 13.0 Å². The number of aliphatic hydroxyl groups is 1. The van der Waals surface area contributed by atoms with Gasteiger partial charge in [0.05, 0.1) is 6.61 Å². The van der Waals surface area contributed by atoms with Crippen LogP contribution in [-0.2, 0) is 9.53 Å². The van der Waals surface area contributed by atoms with Gasteiger partial charge in [-0.25, -0.2) is 4.39 Å². The van der Waals surface area contributed by atoms with Gasteiger partial charge in [-0.15, -0.1) is 0 Å². The second-order valence-electron chi connectivity index (χ2n) is 4.52. The van der Waals surface area contributed by atoms with Gasteiger partial charge in [-0.1, -0.05) is 30.3 Å². The van der Waals surface area contributed by atoms with Gasteiger partial charge in [0.15, 0.2) is 6.23 Å². The summed E-state index contributed by atoms with van der Waals surface area (Å²) in [4.78, 5) is 12.3. The minimum atomic E-state index is -1.60. The maximum Gasteiger partial charge on any atom is 0.294 e. The van der Waals surface area contributed by atoms with Gasteiger partial charge in [0.25, 0.3) is 6.47 Å². The molecule has 1 aliphatic heterocycles. The summed E-state index contributed by atoms with van der Waals surface area (Å²) in [7, 11) is 0. The number of rotatable bonds is 5. The van der Waals surface area contributed by atoms with Crippen LogP contribution in [0.15, 0.2) is 30.3 Å². The highest BCUT2D eigenvalue weighted by Gasteiger charge is 2.41. The summed E-state index contributed by atoms with van der Waals surface area (Å²) in [6.45, 7) is 0.377. The van der Waals surface area contributed by atoms with Crippen molar-refractivity contribution in [1.82, 2.24) is 4.90 Å². The van der Waals surface area contributed by atoms with Crippen LogP contribution in [0.3, 0.4) is 0 Å². The predicted octanol–water partition coefficient (Wildman–Crippen LogP) is 1.26. The van der Waals surface area contributed by atoms with E-state index in [1.807, 2.05) is 30.3 Å². The summed E-state index contributed by atoms with van der Waals surface area (Å²) in [5.74, 6) is 0. The van der Waals surface area contributed by atoms with Gasteiger partial charge in [0.2, 0.25) is 0 Å². The number of hydrogen-bond acceptors (Lipinski definition) is 4. The molecule has 1 N–H and O–H groups in total. The Bertz CT molecular complexity index is 400. The van der Waals surface area contributed by atoms with Crippen molar-refractivity contribution in [2.24, 2.45) is 0 Å². The molecule has 0 bridgehead atoms. The molecular formula is C13H16FNO3. The summed E-state index contributed by atoms with van der Waals surface area (Å²) in [5, 5.41) is 9.01. The third-order valence-electron chi connectivity index (χ3n) is 3.22. The molecule has 18 heavy (non-hydrogen) atoms. The van der Waals surface area contributed by atoms with Crippen LogP contribution in [0.4, 0.5) is 4.39 Å². The zero-order valence-corrected chi connectivity index (χ0v) is 9.96. The maximum atomic E-state index is 14.0. The lowest BCUT2D eigenvalue weighted by atomic mass is 10.1. The van der Waals surface area contributed by atoms with Crippen LogP contribution in [0.5, 0.6) is 0 Å². The lowest BCUT2D eigenvalue weighted by Gasteiger charge is -2.27. The van der Waals surface area contributed by atoms with Crippen molar-refractivity contribution in [1.29, 1.82) is 0 Å². The number of hydrogen-bond donors (Lipinski definition) is 1. The number of ether oxygens (including phenoxy) is 1. The van der Waals surface area contributed by atoms with Gasteiger partial charge in [-0.05, 0) is 6.42 Å². The number of carbonyl (C=O) groups excluding carboxylic acids is 1. The molecule has 0 aromatic heterocycles. The van der Waals surface area contributed by atoms with Gasteiger partial charge in [-0.2, -0.15) is 0 Å². The minimum absolute atomic E-state index is 0.0664. The predicted molar refractivity (Wildman–Crippen MR) is 63.4 cm³/mol. The van der Waals surface area contributed by atoms with E-state index in [0.717, 1.165) is 5.56 Å². The Morgan fingerprint density at radius 1 is 1.50 bits per heavy atom. The molecule has 1 aliphatic rings. The fourth-order valence-corrected chi connectivity index (χ4v) is 2.24. The van der Waals surface area contributed by atoms with Crippen molar-refractivity contribution in [3.63, 3.8) is 0 Å². The number of likely N-dealkylation sites (tertiary alicyclic amines) is 1. The highest BCUT2D eigenvalue weighted by Crippen LogP contribution is 2.32. The van der Waals surface area contributed by atoms with E-state index in [2.05, 4.69) is 0 Å². The lowest BCUT2D eigenvalue weighted by molar-refractivity contribution is -0.144.